The Balaban J connectivity index is 1.32. The van der Waals surface area contributed by atoms with Crippen LogP contribution in [0, 0.1) is 5.92 Å². The highest BCUT2D eigenvalue weighted by Gasteiger charge is 2.19. The van der Waals surface area contributed by atoms with Crippen LogP contribution in [0.5, 0.6) is 0 Å². The van der Waals surface area contributed by atoms with Crippen molar-refractivity contribution >= 4 is 28.6 Å². The number of hydrogen-bond acceptors (Lipinski definition) is 5. The van der Waals surface area contributed by atoms with Crippen LogP contribution < -0.4 is 11.1 Å². The third-order valence-electron chi connectivity index (χ3n) is 4.77. The average molecular weight is 392 g/mol. The SMILES string of the molecule is CCc1nc(CN2CCC(CN=C(N)NCCc3cccs3)CC2)cs1. The van der Waals surface area contributed by atoms with Crippen LogP contribution in [0.25, 0.3) is 0 Å². The molecule has 5 nitrogen and oxygen atoms in total. The van der Waals surface area contributed by atoms with Gasteiger partial charge in [0.2, 0.25) is 0 Å². The summed E-state index contributed by atoms with van der Waals surface area (Å²) in [4.78, 5) is 13.1. The number of aromatic nitrogens is 1. The molecule has 1 aliphatic heterocycles. The molecule has 142 valence electrons. The molecule has 26 heavy (non-hydrogen) atoms. The summed E-state index contributed by atoms with van der Waals surface area (Å²) in [6, 6.07) is 4.24. The lowest BCUT2D eigenvalue weighted by atomic mass is 9.97. The summed E-state index contributed by atoms with van der Waals surface area (Å²) in [6.45, 7) is 7.09. The fourth-order valence-electron chi connectivity index (χ4n) is 3.19. The Hall–Kier alpha value is -1.44. The molecule has 3 rings (SSSR count). The number of piperidine rings is 1. The zero-order valence-corrected chi connectivity index (χ0v) is 17.1. The Kier molecular flexibility index (Phi) is 7.46. The predicted octanol–water partition coefficient (Wildman–Crippen LogP) is 3.13. The molecule has 1 saturated heterocycles. The maximum absolute atomic E-state index is 6.00. The molecule has 0 amide bonds. The summed E-state index contributed by atoms with van der Waals surface area (Å²) in [7, 11) is 0. The summed E-state index contributed by atoms with van der Waals surface area (Å²) >= 11 is 3.56. The Morgan fingerprint density at radius 3 is 2.92 bits per heavy atom. The second-order valence-corrected chi connectivity index (χ2v) is 8.76. The van der Waals surface area contributed by atoms with E-state index in [4.69, 9.17) is 5.73 Å². The van der Waals surface area contributed by atoms with Gasteiger partial charge in [-0.15, -0.1) is 22.7 Å². The van der Waals surface area contributed by atoms with Crippen LogP contribution in [0.1, 0.15) is 35.3 Å². The highest BCUT2D eigenvalue weighted by atomic mass is 32.1. The summed E-state index contributed by atoms with van der Waals surface area (Å²) < 4.78 is 0. The van der Waals surface area contributed by atoms with Crippen LogP contribution in [0.15, 0.2) is 27.9 Å². The minimum Gasteiger partial charge on any atom is -0.370 e. The van der Waals surface area contributed by atoms with Crippen molar-refractivity contribution in [2.75, 3.05) is 26.2 Å². The van der Waals surface area contributed by atoms with Crippen molar-refractivity contribution in [3.05, 3.63) is 38.5 Å². The molecule has 3 heterocycles. The standard InChI is InChI=1S/C19H29N5S2/c1-2-18-23-16(14-26-18)13-24-9-6-15(7-10-24)12-22-19(20)21-8-5-17-4-3-11-25-17/h3-4,11,14-15H,2,5-10,12-13H2,1H3,(H3,20,21,22). The van der Waals surface area contributed by atoms with Crippen molar-refractivity contribution in [2.24, 2.45) is 16.6 Å². The van der Waals surface area contributed by atoms with Crippen molar-refractivity contribution in [3.63, 3.8) is 0 Å². The second-order valence-electron chi connectivity index (χ2n) is 6.79. The number of thiazole rings is 1. The van der Waals surface area contributed by atoms with Gasteiger partial charge in [-0.05, 0) is 56.1 Å². The number of nitrogens with zero attached hydrogens (tertiary/aromatic N) is 3. The predicted molar refractivity (Wildman–Crippen MR) is 112 cm³/mol. The first-order valence-corrected chi connectivity index (χ1v) is 11.2. The number of guanidine groups is 1. The first kappa shape index (κ1) is 19.3. The molecule has 3 N–H and O–H groups in total. The van der Waals surface area contributed by atoms with E-state index >= 15 is 0 Å². The van der Waals surface area contributed by atoms with E-state index in [1.807, 2.05) is 0 Å². The lowest BCUT2D eigenvalue weighted by Crippen LogP contribution is -2.36. The lowest BCUT2D eigenvalue weighted by Gasteiger charge is -2.30. The van der Waals surface area contributed by atoms with Gasteiger partial charge in [0, 0.05) is 29.9 Å². The Morgan fingerprint density at radius 2 is 2.23 bits per heavy atom. The van der Waals surface area contributed by atoms with Gasteiger partial charge in [0.05, 0.1) is 10.7 Å². The van der Waals surface area contributed by atoms with Crippen molar-refractivity contribution in [2.45, 2.75) is 39.2 Å². The van der Waals surface area contributed by atoms with Crippen LogP contribution in [-0.2, 0) is 19.4 Å². The van der Waals surface area contributed by atoms with Gasteiger partial charge >= 0.3 is 0 Å². The van der Waals surface area contributed by atoms with Crippen molar-refractivity contribution in [1.29, 1.82) is 0 Å². The molecular weight excluding hydrogens is 362 g/mol. The van der Waals surface area contributed by atoms with Crippen molar-refractivity contribution in [1.82, 2.24) is 15.2 Å². The number of nitrogens with one attached hydrogen (secondary N) is 1. The maximum Gasteiger partial charge on any atom is 0.188 e. The van der Waals surface area contributed by atoms with Gasteiger partial charge in [0.15, 0.2) is 5.96 Å². The van der Waals surface area contributed by atoms with Gasteiger partial charge < -0.3 is 11.1 Å². The molecule has 7 heteroatoms. The van der Waals surface area contributed by atoms with Crippen LogP contribution in [0.4, 0.5) is 0 Å². The molecule has 0 atom stereocenters. The Morgan fingerprint density at radius 1 is 1.38 bits per heavy atom. The number of aryl methyl sites for hydroxylation is 1. The van der Waals surface area contributed by atoms with E-state index in [0.29, 0.717) is 11.9 Å². The summed E-state index contributed by atoms with van der Waals surface area (Å²) in [5, 5.41) is 8.78. The third kappa shape index (κ3) is 6.07. The summed E-state index contributed by atoms with van der Waals surface area (Å²) in [5.41, 5.74) is 7.22. The zero-order valence-electron chi connectivity index (χ0n) is 15.5. The van der Waals surface area contributed by atoms with Crippen LogP contribution in [0.3, 0.4) is 0 Å². The molecule has 0 bridgehead atoms. The Labute approximate surface area is 164 Å². The largest absolute Gasteiger partial charge is 0.370 e. The monoisotopic (exact) mass is 391 g/mol. The first-order valence-electron chi connectivity index (χ1n) is 9.44. The minimum atomic E-state index is 0.582. The Bertz CT molecular complexity index is 672. The van der Waals surface area contributed by atoms with Gasteiger partial charge in [-0.3, -0.25) is 9.89 Å². The van der Waals surface area contributed by atoms with E-state index in [-0.39, 0.29) is 0 Å². The topological polar surface area (TPSA) is 66.5 Å². The maximum atomic E-state index is 6.00. The average Bonchev–Trinajstić information content (AvgIpc) is 3.33. The van der Waals surface area contributed by atoms with E-state index in [1.165, 1.54) is 28.4 Å². The number of aliphatic imine (C=N–C) groups is 1. The molecule has 0 saturated carbocycles. The molecule has 0 unspecified atom stereocenters. The molecule has 1 fully saturated rings. The van der Waals surface area contributed by atoms with Crippen LogP contribution in [0.2, 0.25) is 0 Å². The van der Waals surface area contributed by atoms with Gasteiger partial charge in [0.1, 0.15) is 0 Å². The van der Waals surface area contributed by atoms with Crippen molar-refractivity contribution < 1.29 is 0 Å². The summed E-state index contributed by atoms with van der Waals surface area (Å²) in [5.74, 6) is 1.23. The normalized spacial score (nSPS) is 16.9. The summed E-state index contributed by atoms with van der Waals surface area (Å²) in [6.07, 6.45) is 4.42. The highest BCUT2D eigenvalue weighted by molar-refractivity contribution is 7.10. The molecule has 0 aliphatic carbocycles. The van der Waals surface area contributed by atoms with Gasteiger partial charge in [0.25, 0.3) is 0 Å². The van der Waals surface area contributed by atoms with E-state index in [1.54, 1.807) is 22.7 Å². The van der Waals surface area contributed by atoms with Crippen LogP contribution >= 0.6 is 22.7 Å². The number of hydrogen-bond donors (Lipinski definition) is 2. The number of nitrogens with two attached hydrogens (primary N) is 1. The minimum absolute atomic E-state index is 0.582. The molecule has 2 aromatic heterocycles. The molecular formula is C19H29N5S2. The fourth-order valence-corrected chi connectivity index (χ4v) is 4.64. The fraction of sp³-hybridized carbons (Fsp3) is 0.579. The number of thiophene rings is 1. The number of rotatable bonds is 8. The first-order chi connectivity index (χ1) is 12.7. The number of likely N-dealkylation sites (tertiary alicyclic amines) is 1. The van der Waals surface area contributed by atoms with Gasteiger partial charge in [-0.1, -0.05) is 13.0 Å². The van der Waals surface area contributed by atoms with Crippen LogP contribution in [-0.4, -0.2) is 42.0 Å². The molecule has 0 spiro atoms. The lowest BCUT2D eigenvalue weighted by molar-refractivity contribution is 0.179. The van der Waals surface area contributed by atoms with Gasteiger partial charge in [-0.2, -0.15) is 0 Å². The van der Waals surface area contributed by atoms with E-state index in [9.17, 15) is 0 Å². The third-order valence-corrected chi connectivity index (χ3v) is 6.75. The molecule has 1 aliphatic rings. The molecule has 0 radical (unpaired) electrons. The molecule has 0 aromatic carbocycles. The zero-order chi connectivity index (χ0) is 18.2. The van der Waals surface area contributed by atoms with Crippen molar-refractivity contribution in [3.8, 4) is 0 Å². The second kappa shape index (κ2) is 10.0. The smallest absolute Gasteiger partial charge is 0.188 e. The molecule has 2 aromatic rings. The quantitative estimate of drug-likeness (QED) is 0.536. The van der Waals surface area contributed by atoms with E-state index in [0.717, 1.165) is 45.6 Å². The van der Waals surface area contributed by atoms with E-state index in [2.05, 4.69) is 50.0 Å². The highest BCUT2D eigenvalue weighted by Crippen LogP contribution is 2.20. The van der Waals surface area contributed by atoms with E-state index < -0.39 is 0 Å². The van der Waals surface area contributed by atoms with Gasteiger partial charge in [-0.25, -0.2) is 4.98 Å².